The van der Waals surface area contributed by atoms with Gasteiger partial charge in [0.2, 0.25) is 16.9 Å². The Morgan fingerprint density at radius 3 is 2.33 bits per heavy atom. The molecule has 0 amide bonds. The van der Waals surface area contributed by atoms with E-state index in [0.29, 0.717) is 0 Å². The minimum Gasteiger partial charge on any atom is -0.493 e. The molecule has 1 heterocycles. The van der Waals surface area contributed by atoms with E-state index in [9.17, 15) is 0 Å². The van der Waals surface area contributed by atoms with Gasteiger partial charge in [-0.3, -0.25) is 0 Å². The first-order chi connectivity index (χ1) is 5.61. The van der Waals surface area contributed by atoms with Crippen LogP contribution in [0.1, 0.15) is 0 Å². The number of nitrogens with two attached hydrogens (primary N) is 1. The van der Waals surface area contributed by atoms with Crippen molar-refractivity contribution in [2.75, 3.05) is 0 Å². The Balaban J connectivity index is 2.95. The third-order valence-electron chi connectivity index (χ3n) is 1.05. The Bertz CT molecular complexity index is 313. The van der Waals surface area contributed by atoms with Crippen LogP contribution < -0.4 is 5.73 Å². The van der Waals surface area contributed by atoms with Crippen molar-refractivity contribution in [3.05, 3.63) is 12.1 Å². The van der Waals surface area contributed by atoms with Gasteiger partial charge in [0.1, 0.15) is 0 Å². The summed E-state index contributed by atoms with van der Waals surface area (Å²) in [4.78, 5) is 0. The molecule has 0 aliphatic carbocycles. The van der Waals surface area contributed by atoms with E-state index in [-0.39, 0.29) is 16.9 Å². The average Bonchev–Trinajstić information content (AvgIpc) is 2.28. The van der Waals surface area contributed by atoms with Crippen molar-refractivity contribution in [2.45, 2.75) is 0 Å². The van der Waals surface area contributed by atoms with Gasteiger partial charge in [0.15, 0.2) is 0 Å². The molecule has 0 spiro atoms. The zero-order chi connectivity index (χ0) is 9.14. The number of thiocarbonyl (C=S) groups is 1. The Morgan fingerprint density at radius 2 is 1.92 bits per heavy atom. The van der Waals surface area contributed by atoms with Gasteiger partial charge in [0.05, 0.1) is 0 Å². The van der Waals surface area contributed by atoms with Gasteiger partial charge in [-0.15, -0.1) is 9.79 Å². The molecule has 1 aromatic heterocycles. The van der Waals surface area contributed by atoms with Crippen molar-refractivity contribution < 1.29 is 10.2 Å². The third-order valence-corrected chi connectivity index (χ3v) is 1.13. The van der Waals surface area contributed by atoms with Crippen LogP contribution in [0.15, 0.2) is 22.5 Å². The highest BCUT2D eigenvalue weighted by molar-refractivity contribution is 7.80. The van der Waals surface area contributed by atoms with Gasteiger partial charge in [0, 0.05) is 12.1 Å². The number of nitrogens with zero attached hydrogens (tertiary/aromatic N) is 3. The van der Waals surface area contributed by atoms with Gasteiger partial charge < -0.3 is 15.9 Å². The maximum absolute atomic E-state index is 9.01. The van der Waals surface area contributed by atoms with Crippen LogP contribution in [0.25, 0.3) is 0 Å². The molecule has 0 saturated carbocycles. The molecule has 0 aliphatic heterocycles. The standard InChI is InChI=1S/C5H6N4O2S/c6-5(12)7-8-9-3(10)1-2-4(9)11/h1-2,10-11H,(H2,6,12). The minimum absolute atomic E-state index is 0.178. The van der Waals surface area contributed by atoms with Crippen LogP contribution >= 0.6 is 12.2 Å². The summed E-state index contributed by atoms with van der Waals surface area (Å²) in [5, 5.41) is 24.4. The van der Waals surface area contributed by atoms with Crippen molar-refractivity contribution in [1.29, 1.82) is 0 Å². The van der Waals surface area contributed by atoms with E-state index >= 15 is 0 Å². The van der Waals surface area contributed by atoms with Crippen LogP contribution in [0, 0.1) is 0 Å². The highest BCUT2D eigenvalue weighted by Gasteiger charge is 2.03. The van der Waals surface area contributed by atoms with Crippen molar-refractivity contribution >= 4 is 17.3 Å². The van der Waals surface area contributed by atoms with E-state index in [1.807, 2.05) is 0 Å². The smallest absolute Gasteiger partial charge is 0.217 e. The number of aromatic hydroxyl groups is 2. The maximum atomic E-state index is 9.01. The van der Waals surface area contributed by atoms with Crippen molar-refractivity contribution in [2.24, 2.45) is 16.1 Å². The van der Waals surface area contributed by atoms with Crippen LogP contribution in [-0.4, -0.2) is 20.0 Å². The summed E-state index contributed by atoms with van der Waals surface area (Å²) >= 11 is 4.40. The average molecular weight is 186 g/mol. The van der Waals surface area contributed by atoms with E-state index < -0.39 is 0 Å². The van der Waals surface area contributed by atoms with E-state index in [4.69, 9.17) is 15.9 Å². The molecule has 0 aromatic carbocycles. The monoisotopic (exact) mass is 186 g/mol. The number of rotatable bonds is 1. The number of hydrogen-bond acceptors (Lipinski definition) is 4. The SMILES string of the molecule is NC(=S)N=Nn1c(O)ccc1O. The van der Waals surface area contributed by atoms with E-state index in [1.165, 1.54) is 12.1 Å². The highest BCUT2D eigenvalue weighted by atomic mass is 32.1. The molecule has 7 heteroatoms. The molecule has 0 bridgehead atoms. The topological polar surface area (TPSA) is 96.1 Å². The van der Waals surface area contributed by atoms with Crippen LogP contribution in [0.4, 0.5) is 0 Å². The number of hydrogen-bond donors (Lipinski definition) is 3. The second-order valence-corrected chi connectivity index (χ2v) is 2.31. The Labute approximate surface area is 72.9 Å². The van der Waals surface area contributed by atoms with Crippen LogP contribution in [0.3, 0.4) is 0 Å². The molecule has 0 radical (unpaired) electrons. The molecular weight excluding hydrogens is 180 g/mol. The summed E-state index contributed by atoms with van der Waals surface area (Å²) < 4.78 is 0.791. The Kier molecular flexibility index (Phi) is 2.24. The van der Waals surface area contributed by atoms with Gasteiger partial charge in [-0.2, -0.15) is 0 Å². The third kappa shape index (κ3) is 1.70. The minimum atomic E-state index is -0.243. The second-order valence-electron chi connectivity index (χ2n) is 1.89. The van der Waals surface area contributed by atoms with Gasteiger partial charge in [-0.05, 0) is 12.2 Å². The van der Waals surface area contributed by atoms with E-state index in [1.54, 1.807) is 0 Å². The summed E-state index contributed by atoms with van der Waals surface area (Å²) in [6.07, 6.45) is 0. The summed E-state index contributed by atoms with van der Waals surface area (Å²) in [5.74, 6) is -0.486. The largest absolute Gasteiger partial charge is 0.493 e. The van der Waals surface area contributed by atoms with E-state index in [2.05, 4.69) is 22.6 Å². The molecule has 64 valence electrons. The lowest BCUT2D eigenvalue weighted by Crippen LogP contribution is -2.02. The first kappa shape index (κ1) is 8.47. The predicted octanol–water partition coefficient (Wildman–Crippen LogP) is 0.358. The fourth-order valence-corrected chi connectivity index (χ4v) is 0.625. The lowest BCUT2D eigenvalue weighted by Gasteiger charge is -1.94. The van der Waals surface area contributed by atoms with Gasteiger partial charge in [-0.1, -0.05) is 5.22 Å². The molecule has 6 nitrogen and oxygen atoms in total. The zero-order valence-electron chi connectivity index (χ0n) is 5.88. The molecule has 1 aromatic rings. The second kappa shape index (κ2) is 3.18. The normalized spacial score (nSPS) is 10.7. The van der Waals surface area contributed by atoms with Crippen molar-refractivity contribution in [3.63, 3.8) is 0 Å². The van der Waals surface area contributed by atoms with Gasteiger partial charge in [0.25, 0.3) is 0 Å². The number of aromatic nitrogens is 1. The first-order valence-electron chi connectivity index (χ1n) is 2.92. The Morgan fingerprint density at radius 1 is 1.42 bits per heavy atom. The summed E-state index contributed by atoms with van der Waals surface area (Å²) in [5.41, 5.74) is 5.00. The summed E-state index contributed by atoms with van der Waals surface area (Å²) in [6.45, 7) is 0. The van der Waals surface area contributed by atoms with Crippen molar-refractivity contribution in [3.8, 4) is 11.8 Å². The first-order valence-corrected chi connectivity index (χ1v) is 3.33. The molecule has 0 fully saturated rings. The van der Waals surface area contributed by atoms with E-state index in [0.717, 1.165) is 4.68 Å². The molecule has 0 unspecified atom stereocenters. The van der Waals surface area contributed by atoms with Crippen LogP contribution in [0.2, 0.25) is 0 Å². The molecule has 0 aliphatic rings. The molecule has 12 heavy (non-hydrogen) atoms. The highest BCUT2D eigenvalue weighted by Crippen LogP contribution is 2.20. The fraction of sp³-hybridized carbons (Fsp3) is 0. The van der Waals surface area contributed by atoms with Crippen LogP contribution in [-0.2, 0) is 0 Å². The molecule has 1 rings (SSSR count). The lowest BCUT2D eigenvalue weighted by molar-refractivity contribution is 0.379. The maximum Gasteiger partial charge on any atom is 0.217 e. The fourth-order valence-electron chi connectivity index (χ4n) is 0.588. The Hall–Kier alpha value is -1.63. The van der Waals surface area contributed by atoms with Crippen molar-refractivity contribution in [1.82, 2.24) is 4.68 Å². The summed E-state index contributed by atoms with van der Waals surface area (Å²) in [6, 6.07) is 2.52. The van der Waals surface area contributed by atoms with Gasteiger partial charge >= 0.3 is 0 Å². The molecule has 4 N–H and O–H groups in total. The molecule has 0 atom stereocenters. The molecular formula is C5H6N4O2S. The predicted molar refractivity (Wildman–Crippen MR) is 44.8 cm³/mol. The van der Waals surface area contributed by atoms with Crippen LogP contribution in [0.5, 0.6) is 11.8 Å². The molecule has 0 saturated heterocycles. The zero-order valence-corrected chi connectivity index (χ0v) is 6.69. The van der Waals surface area contributed by atoms with Gasteiger partial charge in [-0.25, -0.2) is 0 Å². The summed E-state index contributed by atoms with van der Waals surface area (Å²) in [7, 11) is 0. The quantitative estimate of drug-likeness (QED) is 0.435. The lowest BCUT2D eigenvalue weighted by atomic mass is 10.6.